The number of aromatic nitrogens is 2. The van der Waals surface area contributed by atoms with Gasteiger partial charge in [-0.2, -0.15) is 0 Å². The average molecular weight is 329 g/mol. The zero-order valence-corrected chi connectivity index (χ0v) is 12.6. The molecule has 0 aliphatic heterocycles. The molecule has 0 saturated heterocycles. The molecule has 0 radical (unpaired) electrons. The summed E-state index contributed by atoms with van der Waals surface area (Å²) < 4.78 is 31.7. The summed E-state index contributed by atoms with van der Waals surface area (Å²) in [6, 6.07) is 4.56. The number of nitrogens with zero attached hydrogens (tertiary/aromatic N) is 2. The second-order valence-electron chi connectivity index (χ2n) is 4.07. The first kappa shape index (κ1) is 15.5. The summed E-state index contributed by atoms with van der Waals surface area (Å²) in [6.45, 7) is 0.0865. The molecule has 0 unspecified atom stereocenters. The van der Waals surface area contributed by atoms with Crippen molar-refractivity contribution >= 4 is 27.4 Å². The number of hydrogen-bond donors (Lipinski definition) is 2. The fourth-order valence-corrected chi connectivity index (χ4v) is 2.73. The molecule has 7 nitrogen and oxygen atoms in total. The van der Waals surface area contributed by atoms with Gasteiger partial charge in [-0.1, -0.05) is 11.6 Å². The number of halogens is 1. The van der Waals surface area contributed by atoms with Crippen molar-refractivity contribution in [2.24, 2.45) is 0 Å². The molecule has 0 fully saturated rings. The molecule has 2 aromatic rings. The molecule has 0 amide bonds. The second-order valence-corrected chi connectivity index (χ2v) is 6.24. The lowest BCUT2D eigenvalue weighted by molar-refractivity contribution is 0.397. The van der Waals surface area contributed by atoms with E-state index < -0.39 is 10.0 Å². The summed E-state index contributed by atoms with van der Waals surface area (Å²) in [7, 11) is -2.25. The molecule has 0 spiro atoms. The maximum atomic E-state index is 12.1. The maximum absolute atomic E-state index is 12.1. The highest BCUT2D eigenvalue weighted by Gasteiger charge is 2.16. The molecule has 2 aromatic heterocycles. The number of nitrogen functional groups attached to an aromatic ring is 1. The third kappa shape index (κ3) is 3.81. The lowest BCUT2D eigenvalue weighted by Crippen LogP contribution is -2.23. The lowest BCUT2D eigenvalue weighted by atomic mass is 10.3. The summed E-state index contributed by atoms with van der Waals surface area (Å²) in [4.78, 5) is 7.61. The van der Waals surface area contributed by atoms with Gasteiger partial charge >= 0.3 is 0 Å². The third-order valence-electron chi connectivity index (χ3n) is 2.63. The minimum Gasteiger partial charge on any atom is -0.481 e. The van der Waals surface area contributed by atoms with Gasteiger partial charge in [-0.25, -0.2) is 23.1 Å². The van der Waals surface area contributed by atoms with Crippen molar-refractivity contribution in [2.45, 2.75) is 11.4 Å². The molecule has 112 valence electrons. The van der Waals surface area contributed by atoms with E-state index in [-0.39, 0.29) is 22.3 Å². The van der Waals surface area contributed by atoms with Gasteiger partial charge in [-0.05, 0) is 17.7 Å². The van der Waals surface area contributed by atoms with Crippen LogP contribution in [0.3, 0.4) is 0 Å². The Morgan fingerprint density at radius 3 is 2.81 bits per heavy atom. The van der Waals surface area contributed by atoms with Crippen LogP contribution in [0.5, 0.6) is 5.88 Å². The molecule has 0 saturated carbocycles. The number of anilines is 1. The van der Waals surface area contributed by atoms with E-state index in [1.54, 1.807) is 12.1 Å². The van der Waals surface area contributed by atoms with Crippen molar-refractivity contribution < 1.29 is 13.2 Å². The zero-order chi connectivity index (χ0) is 15.5. The van der Waals surface area contributed by atoms with Crippen molar-refractivity contribution in [3.05, 3.63) is 41.2 Å². The van der Waals surface area contributed by atoms with Crippen molar-refractivity contribution in [3.63, 3.8) is 0 Å². The standard InChI is InChI=1S/C12H13ClN4O3S/c1-20-11-4-8(2-3-15-11)6-17-21(18,19)9-5-10(13)12(14)16-7-9/h2-5,7,17H,6H2,1H3,(H2,14,16). The normalized spacial score (nSPS) is 11.3. The summed E-state index contributed by atoms with van der Waals surface area (Å²) in [5, 5.41) is 0.0865. The minimum atomic E-state index is -3.73. The number of hydrogen-bond acceptors (Lipinski definition) is 6. The Morgan fingerprint density at radius 2 is 2.14 bits per heavy atom. The Kier molecular flexibility index (Phi) is 4.61. The van der Waals surface area contributed by atoms with Gasteiger partial charge in [-0.3, -0.25) is 0 Å². The number of nitrogens with one attached hydrogen (secondary N) is 1. The van der Waals surface area contributed by atoms with E-state index in [2.05, 4.69) is 14.7 Å². The molecular weight excluding hydrogens is 316 g/mol. The van der Waals surface area contributed by atoms with Crippen LogP contribution in [0.25, 0.3) is 0 Å². The van der Waals surface area contributed by atoms with Gasteiger partial charge in [0.2, 0.25) is 15.9 Å². The molecule has 0 aliphatic carbocycles. The SMILES string of the molecule is COc1cc(CNS(=O)(=O)c2cnc(N)c(Cl)c2)ccn1. The molecule has 0 atom stereocenters. The summed E-state index contributed by atoms with van der Waals surface area (Å²) in [5.74, 6) is 0.485. The predicted molar refractivity (Wildman–Crippen MR) is 78.5 cm³/mol. The topological polar surface area (TPSA) is 107 Å². The fourth-order valence-electron chi connectivity index (χ4n) is 1.51. The molecule has 21 heavy (non-hydrogen) atoms. The molecule has 2 heterocycles. The quantitative estimate of drug-likeness (QED) is 0.854. The first-order valence-electron chi connectivity index (χ1n) is 5.82. The zero-order valence-electron chi connectivity index (χ0n) is 11.1. The summed E-state index contributed by atoms with van der Waals surface area (Å²) in [6.07, 6.45) is 2.68. The highest BCUT2D eigenvalue weighted by molar-refractivity contribution is 7.89. The van der Waals surface area contributed by atoms with Crippen molar-refractivity contribution in [3.8, 4) is 5.88 Å². The molecule has 0 aromatic carbocycles. The first-order chi connectivity index (χ1) is 9.92. The van der Waals surface area contributed by atoms with Crippen molar-refractivity contribution in [2.75, 3.05) is 12.8 Å². The van der Waals surface area contributed by atoms with Crippen LogP contribution in [0, 0.1) is 0 Å². The Morgan fingerprint density at radius 1 is 1.38 bits per heavy atom. The highest BCUT2D eigenvalue weighted by atomic mass is 35.5. The van der Waals surface area contributed by atoms with Gasteiger partial charge in [0, 0.05) is 25.0 Å². The smallest absolute Gasteiger partial charge is 0.242 e. The minimum absolute atomic E-state index is 0.0530. The number of rotatable bonds is 5. The van der Waals surface area contributed by atoms with E-state index >= 15 is 0 Å². The van der Waals surface area contributed by atoms with E-state index in [1.807, 2.05) is 0 Å². The molecule has 0 bridgehead atoms. The van der Waals surface area contributed by atoms with Crippen LogP contribution in [0.15, 0.2) is 35.5 Å². The molecule has 0 aliphatic rings. The van der Waals surface area contributed by atoms with Gasteiger partial charge in [0.05, 0.1) is 12.1 Å². The molecular formula is C12H13ClN4O3S. The van der Waals surface area contributed by atoms with Crippen LogP contribution in [-0.4, -0.2) is 25.5 Å². The summed E-state index contributed by atoms with van der Waals surface area (Å²) >= 11 is 5.77. The Labute approximate surface area is 127 Å². The predicted octanol–water partition coefficient (Wildman–Crippen LogP) is 1.20. The van der Waals surface area contributed by atoms with Crippen molar-refractivity contribution in [1.29, 1.82) is 0 Å². The van der Waals surface area contributed by atoms with Crippen LogP contribution in [0.4, 0.5) is 5.82 Å². The Hall–Kier alpha value is -1.90. The number of sulfonamides is 1. The van der Waals surface area contributed by atoms with E-state index in [9.17, 15) is 8.42 Å². The first-order valence-corrected chi connectivity index (χ1v) is 7.68. The monoisotopic (exact) mass is 328 g/mol. The van der Waals surface area contributed by atoms with E-state index in [0.29, 0.717) is 11.4 Å². The fraction of sp³-hybridized carbons (Fsp3) is 0.167. The molecule has 3 N–H and O–H groups in total. The van der Waals surface area contributed by atoms with Crippen LogP contribution < -0.4 is 15.2 Å². The van der Waals surface area contributed by atoms with Gasteiger partial charge in [-0.15, -0.1) is 0 Å². The van der Waals surface area contributed by atoms with Crippen molar-refractivity contribution in [1.82, 2.24) is 14.7 Å². The number of methoxy groups -OCH3 is 1. The lowest BCUT2D eigenvalue weighted by Gasteiger charge is -2.08. The van der Waals surface area contributed by atoms with Gasteiger partial charge in [0.15, 0.2) is 0 Å². The number of ether oxygens (including phenoxy) is 1. The third-order valence-corrected chi connectivity index (χ3v) is 4.30. The maximum Gasteiger partial charge on any atom is 0.242 e. The van der Waals surface area contributed by atoms with Gasteiger partial charge in [0.25, 0.3) is 0 Å². The largest absolute Gasteiger partial charge is 0.481 e. The average Bonchev–Trinajstić information content (AvgIpc) is 2.48. The Bertz CT molecular complexity index is 752. The highest BCUT2D eigenvalue weighted by Crippen LogP contribution is 2.20. The van der Waals surface area contributed by atoms with Gasteiger partial charge in [0.1, 0.15) is 10.7 Å². The summed E-state index contributed by atoms with van der Waals surface area (Å²) in [5.41, 5.74) is 6.16. The second kappa shape index (κ2) is 6.25. The number of nitrogens with two attached hydrogens (primary N) is 1. The molecule has 9 heteroatoms. The van der Waals surface area contributed by atoms with Crippen LogP contribution in [-0.2, 0) is 16.6 Å². The van der Waals surface area contributed by atoms with E-state index in [4.69, 9.17) is 22.1 Å². The van der Waals surface area contributed by atoms with E-state index in [1.165, 1.54) is 19.4 Å². The van der Waals surface area contributed by atoms with Gasteiger partial charge < -0.3 is 10.5 Å². The van der Waals surface area contributed by atoms with Crippen LogP contribution in [0.2, 0.25) is 5.02 Å². The van der Waals surface area contributed by atoms with Crippen LogP contribution in [0.1, 0.15) is 5.56 Å². The molecule has 2 rings (SSSR count). The van der Waals surface area contributed by atoms with E-state index in [0.717, 1.165) is 6.20 Å². The Balaban J connectivity index is 2.15. The number of pyridine rings is 2. The van der Waals surface area contributed by atoms with Crippen LogP contribution >= 0.6 is 11.6 Å².